The Kier molecular flexibility index (Phi) is 5.76. The monoisotopic (exact) mass is 247 g/mol. The lowest BCUT2D eigenvalue weighted by atomic mass is 9.83. The summed E-state index contributed by atoms with van der Waals surface area (Å²) in [7, 11) is -2.79. The van der Waals surface area contributed by atoms with Crippen LogP contribution in [0.15, 0.2) is 0 Å². The van der Waals surface area contributed by atoms with Crippen LogP contribution in [0.5, 0.6) is 0 Å². The van der Waals surface area contributed by atoms with Gasteiger partial charge < -0.3 is 5.32 Å². The van der Waals surface area contributed by atoms with Crippen LogP contribution in [0.4, 0.5) is 0 Å². The van der Waals surface area contributed by atoms with Crippen molar-refractivity contribution in [3.05, 3.63) is 0 Å². The molecule has 96 valence electrons. The fourth-order valence-corrected chi connectivity index (χ4v) is 3.51. The Bertz CT molecular complexity index is 285. The van der Waals surface area contributed by atoms with Crippen molar-refractivity contribution in [1.29, 1.82) is 0 Å². The second-order valence-electron chi connectivity index (χ2n) is 4.73. The Balaban J connectivity index is 2.43. The largest absolute Gasteiger partial charge is 0.314 e. The van der Waals surface area contributed by atoms with Crippen molar-refractivity contribution in [2.75, 3.05) is 18.1 Å². The third-order valence-electron chi connectivity index (χ3n) is 3.61. The summed E-state index contributed by atoms with van der Waals surface area (Å²) in [6.45, 7) is 4.84. The Labute approximate surface area is 99.9 Å². The van der Waals surface area contributed by atoms with Crippen molar-refractivity contribution in [2.45, 2.75) is 52.0 Å². The van der Waals surface area contributed by atoms with Crippen LogP contribution in [-0.2, 0) is 9.84 Å². The van der Waals surface area contributed by atoms with Gasteiger partial charge in [0.05, 0.1) is 5.75 Å². The zero-order chi connectivity index (χ0) is 12.0. The summed E-state index contributed by atoms with van der Waals surface area (Å²) in [6, 6.07) is 0.547. The summed E-state index contributed by atoms with van der Waals surface area (Å²) in [5, 5.41) is 3.49. The van der Waals surface area contributed by atoms with E-state index in [1.54, 1.807) is 6.92 Å². The van der Waals surface area contributed by atoms with Gasteiger partial charge in [0.2, 0.25) is 0 Å². The highest BCUT2D eigenvalue weighted by atomic mass is 32.2. The average Bonchev–Trinajstić information content (AvgIpc) is 2.28. The minimum absolute atomic E-state index is 0.283. The first kappa shape index (κ1) is 14.0. The highest BCUT2D eigenvalue weighted by Gasteiger charge is 2.25. The molecule has 0 aromatic rings. The van der Waals surface area contributed by atoms with E-state index in [-0.39, 0.29) is 5.75 Å². The third-order valence-corrected chi connectivity index (χ3v) is 5.35. The minimum Gasteiger partial charge on any atom is -0.314 e. The zero-order valence-electron chi connectivity index (χ0n) is 10.5. The predicted molar refractivity (Wildman–Crippen MR) is 68.4 cm³/mol. The molecule has 1 fully saturated rings. The maximum absolute atomic E-state index is 11.5. The lowest BCUT2D eigenvalue weighted by molar-refractivity contribution is 0.260. The summed E-state index contributed by atoms with van der Waals surface area (Å²) < 4.78 is 23.0. The summed E-state index contributed by atoms with van der Waals surface area (Å²) >= 11 is 0. The highest BCUT2D eigenvalue weighted by molar-refractivity contribution is 7.91. The SMILES string of the molecule is CCNC1CCCCC1CCS(=O)(=O)CC. The smallest absolute Gasteiger partial charge is 0.150 e. The number of nitrogens with one attached hydrogen (secondary N) is 1. The highest BCUT2D eigenvalue weighted by Crippen LogP contribution is 2.27. The molecule has 16 heavy (non-hydrogen) atoms. The molecule has 0 amide bonds. The van der Waals surface area contributed by atoms with Crippen LogP contribution in [0.25, 0.3) is 0 Å². The molecule has 3 nitrogen and oxygen atoms in total. The molecule has 1 rings (SSSR count). The molecule has 0 radical (unpaired) electrons. The first-order valence-corrected chi connectivity index (χ1v) is 8.35. The molecule has 1 aliphatic rings. The first-order chi connectivity index (χ1) is 7.59. The van der Waals surface area contributed by atoms with Crippen LogP contribution in [0.1, 0.15) is 46.0 Å². The van der Waals surface area contributed by atoms with E-state index in [1.165, 1.54) is 25.7 Å². The van der Waals surface area contributed by atoms with Crippen LogP contribution in [0, 0.1) is 5.92 Å². The van der Waals surface area contributed by atoms with E-state index in [2.05, 4.69) is 12.2 Å². The van der Waals surface area contributed by atoms with Crippen molar-refractivity contribution in [1.82, 2.24) is 5.32 Å². The van der Waals surface area contributed by atoms with Gasteiger partial charge in [-0.3, -0.25) is 0 Å². The van der Waals surface area contributed by atoms with Crippen molar-refractivity contribution in [2.24, 2.45) is 5.92 Å². The molecule has 1 aliphatic carbocycles. The Morgan fingerprint density at radius 2 is 1.88 bits per heavy atom. The Morgan fingerprint density at radius 3 is 2.50 bits per heavy atom. The number of hydrogen-bond donors (Lipinski definition) is 1. The molecular formula is C12H25NO2S. The van der Waals surface area contributed by atoms with Crippen molar-refractivity contribution < 1.29 is 8.42 Å². The normalized spacial score (nSPS) is 26.9. The van der Waals surface area contributed by atoms with Gasteiger partial charge in [-0.05, 0) is 31.7 Å². The molecular weight excluding hydrogens is 222 g/mol. The standard InChI is InChI=1S/C12H25NO2S/c1-3-13-12-8-6-5-7-11(12)9-10-16(14,15)4-2/h11-13H,3-10H2,1-2H3. The van der Waals surface area contributed by atoms with Gasteiger partial charge in [0.15, 0.2) is 0 Å². The van der Waals surface area contributed by atoms with E-state index >= 15 is 0 Å². The molecule has 0 bridgehead atoms. The molecule has 1 N–H and O–H groups in total. The Morgan fingerprint density at radius 1 is 1.19 bits per heavy atom. The molecule has 4 heteroatoms. The topological polar surface area (TPSA) is 46.2 Å². The fourth-order valence-electron chi connectivity index (χ4n) is 2.56. The molecule has 0 spiro atoms. The maximum atomic E-state index is 11.5. The summed E-state index contributed by atoms with van der Waals surface area (Å²) in [6.07, 6.45) is 5.79. The molecule has 0 aromatic heterocycles. The molecule has 1 saturated carbocycles. The quantitative estimate of drug-likeness (QED) is 0.780. The van der Waals surface area contributed by atoms with Gasteiger partial charge >= 0.3 is 0 Å². The maximum Gasteiger partial charge on any atom is 0.150 e. The number of rotatable bonds is 6. The van der Waals surface area contributed by atoms with Gasteiger partial charge in [0, 0.05) is 11.8 Å². The van der Waals surface area contributed by atoms with Gasteiger partial charge in [-0.15, -0.1) is 0 Å². The molecule has 0 heterocycles. The molecule has 2 unspecified atom stereocenters. The van der Waals surface area contributed by atoms with E-state index in [4.69, 9.17) is 0 Å². The molecule has 0 aliphatic heterocycles. The van der Waals surface area contributed by atoms with Crippen LogP contribution in [0.3, 0.4) is 0 Å². The van der Waals surface area contributed by atoms with Gasteiger partial charge in [-0.25, -0.2) is 8.42 Å². The number of hydrogen-bond acceptors (Lipinski definition) is 3. The predicted octanol–water partition coefficient (Wildman–Crippen LogP) is 1.98. The second-order valence-corrected chi connectivity index (χ2v) is 7.21. The minimum atomic E-state index is -2.79. The number of sulfone groups is 1. The van der Waals surface area contributed by atoms with Gasteiger partial charge in [0.25, 0.3) is 0 Å². The second kappa shape index (κ2) is 6.60. The van der Waals surface area contributed by atoms with Crippen molar-refractivity contribution >= 4 is 9.84 Å². The van der Waals surface area contributed by atoms with Crippen LogP contribution in [0.2, 0.25) is 0 Å². The lowest BCUT2D eigenvalue weighted by Crippen LogP contribution is -2.39. The van der Waals surface area contributed by atoms with Crippen LogP contribution >= 0.6 is 0 Å². The van der Waals surface area contributed by atoms with Crippen LogP contribution in [-0.4, -0.2) is 32.5 Å². The fraction of sp³-hybridized carbons (Fsp3) is 1.00. The van der Waals surface area contributed by atoms with E-state index in [0.717, 1.165) is 13.0 Å². The van der Waals surface area contributed by atoms with E-state index in [1.807, 2.05) is 0 Å². The summed E-state index contributed by atoms with van der Waals surface area (Å²) in [5.74, 6) is 1.22. The van der Waals surface area contributed by atoms with Crippen LogP contribution < -0.4 is 5.32 Å². The van der Waals surface area contributed by atoms with E-state index < -0.39 is 9.84 Å². The lowest BCUT2D eigenvalue weighted by Gasteiger charge is -2.32. The van der Waals surface area contributed by atoms with Gasteiger partial charge in [0.1, 0.15) is 9.84 Å². The average molecular weight is 247 g/mol. The molecule has 2 atom stereocenters. The van der Waals surface area contributed by atoms with E-state index in [9.17, 15) is 8.42 Å². The van der Waals surface area contributed by atoms with E-state index in [0.29, 0.717) is 17.7 Å². The Hall–Kier alpha value is -0.0900. The molecule has 0 aromatic carbocycles. The van der Waals surface area contributed by atoms with Gasteiger partial charge in [-0.1, -0.05) is 26.7 Å². The van der Waals surface area contributed by atoms with Crippen molar-refractivity contribution in [3.63, 3.8) is 0 Å². The molecule has 0 saturated heterocycles. The summed E-state index contributed by atoms with van der Waals surface area (Å²) in [5.41, 5.74) is 0. The third kappa shape index (κ3) is 4.42. The van der Waals surface area contributed by atoms with Gasteiger partial charge in [-0.2, -0.15) is 0 Å². The summed E-state index contributed by atoms with van der Waals surface area (Å²) in [4.78, 5) is 0. The first-order valence-electron chi connectivity index (χ1n) is 6.53. The van der Waals surface area contributed by atoms with Crippen molar-refractivity contribution in [3.8, 4) is 0 Å². The zero-order valence-corrected chi connectivity index (χ0v) is 11.4.